The van der Waals surface area contributed by atoms with Crippen molar-refractivity contribution in [1.29, 1.82) is 0 Å². The summed E-state index contributed by atoms with van der Waals surface area (Å²) in [6.07, 6.45) is -2.93. The van der Waals surface area contributed by atoms with E-state index in [4.69, 9.17) is 0 Å². The molecule has 1 fully saturated rings. The fraction of sp³-hybridized carbons (Fsp3) is 0.444. The summed E-state index contributed by atoms with van der Waals surface area (Å²) in [7, 11) is 0. The van der Waals surface area contributed by atoms with Crippen LogP contribution in [-0.2, 0) is 6.18 Å². The topological polar surface area (TPSA) is 24.9 Å². The Bertz CT molecular complexity index is 374. The summed E-state index contributed by atoms with van der Waals surface area (Å²) in [6, 6.07) is 1.08. The van der Waals surface area contributed by atoms with E-state index in [1.54, 1.807) is 0 Å². The van der Waals surface area contributed by atoms with E-state index in [1.807, 2.05) is 0 Å². The van der Waals surface area contributed by atoms with Crippen molar-refractivity contribution in [2.45, 2.75) is 12.1 Å². The van der Waals surface area contributed by atoms with Crippen LogP contribution in [0.4, 0.5) is 13.2 Å². The quantitative estimate of drug-likeness (QED) is 0.855. The summed E-state index contributed by atoms with van der Waals surface area (Å²) < 4.78 is 38.4. The van der Waals surface area contributed by atoms with Gasteiger partial charge in [0.1, 0.15) is 0 Å². The predicted octanol–water partition coefficient (Wildman–Crippen LogP) is 2.55. The molecule has 1 saturated heterocycles. The minimum absolute atomic E-state index is 0.116. The Labute approximate surface area is 93.0 Å². The fourth-order valence-electron chi connectivity index (χ4n) is 1.48. The van der Waals surface area contributed by atoms with E-state index in [0.29, 0.717) is 17.6 Å². The molecule has 0 unspecified atom stereocenters. The number of alkyl halides is 3. The highest BCUT2D eigenvalue weighted by Gasteiger charge is 2.37. The minimum atomic E-state index is -4.33. The SMILES string of the molecule is FC(F)(F)c1cc(Br)cnc1C1CNC1. The predicted molar refractivity (Wildman–Crippen MR) is 52.5 cm³/mol. The van der Waals surface area contributed by atoms with E-state index in [-0.39, 0.29) is 11.6 Å². The van der Waals surface area contributed by atoms with Gasteiger partial charge in [-0.25, -0.2) is 0 Å². The van der Waals surface area contributed by atoms with E-state index in [2.05, 4.69) is 26.2 Å². The lowest BCUT2D eigenvalue weighted by molar-refractivity contribution is -0.138. The zero-order valence-electron chi connectivity index (χ0n) is 7.61. The minimum Gasteiger partial charge on any atom is -0.315 e. The van der Waals surface area contributed by atoms with E-state index >= 15 is 0 Å². The van der Waals surface area contributed by atoms with Gasteiger partial charge in [-0.05, 0) is 22.0 Å². The van der Waals surface area contributed by atoms with Crippen molar-refractivity contribution in [3.8, 4) is 0 Å². The first-order valence-electron chi connectivity index (χ1n) is 4.42. The number of pyridine rings is 1. The van der Waals surface area contributed by atoms with Crippen LogP contribution in [0, 0.1) is 0 Å². The average molecular weight is 281 g/mol. The zero-order valence-corrected chi connectivity index (χ0v) is 9.19. The van der Waals surface area contributed by atoms with Crippen LogP contribution in [0.15, 0.2) is 16.7 Å². The summed E-state index contributed by atoms with van der Waals surface area (Å²) in [6.45, 7) is 1.13. The second kappa shape index (κ2) is 3.75. The van der Waals surface area contributed by atoms with Crippen molar-refractivity contribution in [2.75, 3.05) is 13.1 Å². The number of hydrogen-bond acceptors (Lipinski definition) is 2. The first-order valence-corrected chi connectivity index (χ1v) is 5.21. The van der Waals surface area contributed by atoms with Crippen LogP contribution in [0.2, 0.25) is 0 Å². The Morgan fingerprint density at radius 2 is 2.07 bits per heavy atom. The van der Waals surface area contributed by atoms with Gasteiger partial charge < -0.3 is 5.32 Å². The van der Waals surface area contributed by atoms with Crippen LogP contribution in [0.3, 0.4) is 0 Å². The van der Waals surface area contributed by atoms with Crippen molar-refractivity contribution in [2.24, 2.45) is 0 Å². The first-order chi connectivity index (χ1) is 6.98. The van der Waals surface area contributed by atoms with Crippen LogP contribution in [-0.4, -0.2) is 18.1 Å². The molecule has 0 bridgehead atoms. The average Bonchev–Trinajstić information content (AvgIpc) is 2.03. The Kier molecular flexibility index (Phi) is 2.72. The molecule has 0 saturated carbocycles. The Morgan fingerprint density at radius 1 is 1.40 bits per heavy atom. The summed E-state index contributed by atoms with van der Waals surface area (Å²) in [5, 5.41) is 2.93. The third kappa shape index (κ3) is 2.15. The lowest BCUT2D eigenvalue weighted by atomic mass is 9.94. The van der Waals surface area contributed by atoms with E-state index in [0.717, 1.165) is 6.07 Å². The second-order valence-electron chi connectivity index (χ2n) is 3.44. The Balaban J connectivity index is 2.44. The maximum absolute atomic E-state index is 12.7. The number of nitrogens with zero attached hydrogens (tertiary/aromatic N) is 1. The fourth-order valence-corrected chi connectivity index (χ4v) is 1.82. The van der Waals surface area contributed by atoms with Gasteiger partial charge in [0.05, 0.1) is 11.3 Å². The van der Waals surface area contributed by atoms with Crippen LogP contribution in [0.1, 0.15) is 17.2 Å². The number of rotatable bonds is 1. The van der Waals surface area contributed by atoms with Gasteiger partial charge in [-0.2, -0.15) is 13.2 Å². The Hall–Kier alpha value is -0.620. The molecule has 0 amide bonds. The van der Waals surface area contributed by atoms with E-state index < -0.39 is 11.7 Å². The molecule has 1 N–H and O–H groups in total. The van der Waals surface area contributed by atoms with Gasteiger partial charge in [-0.15, -0.1) is 0 Å². The molecule has 0 radical (unpaired) electrons. The lowest BCUT2D eigenvalue weighted by Crippen LogP contribution is -2.41. The third-order valence-electron chi connectivity index (χ3n) is 2.36. The van der Waals surface area contributed by atoms with E-state index in [9.17, 15) is 13.2 Å². The van der Waals surface area contributed by atoms with Gasteiger partial charge in [0.25, 0.3) is 0 Å². The maximum atomic E-state index is 12.7. The highest BCUT2D eigenvalue weighted by Crippen LogP contribution is 2.36. The van der Waals surface area contributed by atoms with Gasteiger partial charge >= 0.3 is 6.18 Å². The summed E-state index contributed by atoms with van der Waals surface area (Å²) in [4.78, 5) is 3.86. The number of aromatic nitrogens is 1. The van der Waals surface area contributed by atoms with Crippen molar-refractivity contribution < 1.29 is 13.2 Å². The summed E-state index contributed by atoms with van der Waals surface area (Å²) >= 11 is 3.00. The van der Waals surface area contributed by atoms with Crippen LogP contribution < -0.4 is 5.32 Å². The van der Waals surface area contributed by atoms with Crippen molar-refractivity contribution in [3.05, 3.63) is 28.0 Å². The van der Waals surface area contributed by atoms with Crippen molar-refractivity contribution in [1.82, 2.24) is 10.3 Å². The lowest BCUT2D eigenvalue weighted by Gasteiger charge is -2.28. The monoisotopic (exact) mass is 280 g/mol. The molecule has 2 heterocycles. The molecule has 0 aromatic carbocycles. The molecular formula is C9H8BrF3N2. The maximum Gasteiger partial charge on any atom is 0.418 e. The highest BCUT2D eigenvalue weighted by molar-refractivity contribution is 9.10. The second-order valence-corrected chi connectivity index (χ2v) is 4.35. The largest absolute Gasteiger partial charge is 0.418 e. The van der Waals surface area contributed by atoms with Crippen LogP contribution in [0.25, 0.3) is 0 Å². The van der Waals surface area contributed by atoms with Crippen molar-refractivity contribution in [3.63, 3.8) is 0 Å². The first kappa shape index (κ1) is 10.9. The molecule has 1 aromatic rings. The third-order valence-corrected chi connectivity index (χ3v) is 2.79. The molecule has 0 aliphatic carbocycles. The number of nitrogens with one attached hydrogen (secondary N) is 1. The molecular weight excluding hydrogens is 273 g/mol. The zero-order chi connectivity index (χ0) is 11.1. The molecule has 1 aliphatic rings. The van der Waals surface area contributed by atoms with Crippen molar-refractivity contribution >= 4 is 15.9 Å². The molecule has 15 heavy (non-hydrogen) atoms. The van der Waals surface area contributed by atoms with E-state index in [1.165, 1.54) is 6.20 Å². The van der Waals surface area contributed by atoms with Crippen LogP contribution in [0.5, 0.6) is 0 Å². The Morgan fingerprint density at radius 3 is 2.53 bits per heavy atom. The van der Waals surface area contributed by atoms with Gasteiger partial charge in [0.15, 0.2) is 0 Å². The van der Waals surface area contributed by atoms with Gasteiger partial charge in [0.2, 0.25) is 0 Å². The van der Waals surface area contributed by atoms with Gasteiger partial charge in [-0.1, -0.05) is 0 Å². The summed E-state index contributed by atoms with van der Waals surface area (Å²) in [5.41, 5.74) is -0.493. The molecule has 2 nitrogen and oxygen atoms in total. The number of halogens is 4. The molecule has 2 rings (SSSR count). The van der Waals surface area contributed by atoms with Gasteiger partial charge in [0, 0.05) is 29.7 Å². The highest BCUT2D eigenvalue weighted by atomic mass is 79.9. The molecule has 1 aromatic heterocycles. The summed E-state index contributed by atoms with van der Waals surface area (Å²) in [5.74, 6) is -0.116. The standard InChI is InChI=1S/C9H8BrF3N2/c10-6-1-7(9(11,12)13)8(15-4-6)5-2-14-3-5/h1,4-5,14H,2-3H2. The normalized spacial score (nSPS) is 17.6. The van der Waals surface area contributed by atoms with Crippen LogP contribution >= 0.6 is 15.9 Å². The number of hydrogen-bond donors (Lipinski definition) is 1. The molecule has 0 spiro atoms. The molecule has 82 valence electrons. The molecule has 0 atom stereocenters. The smallest absolute Gasteiger partial charge is 0.315 e. The molecule has 1 aliphatic heterocycles. The molecule has 6 heteroatoms. The van der Waals surface area contributed by atoms with Gasteiger partial charge in [-0.3, -0.25) is 4.98 Å².